The molecule has 7 heteroatoms. The second kappa shape index (κ2) is 7.69. The van der Waals surface area contributed by atoms with Crippen molar-refractivity contribution in [3.63, 3.8) is 0 Å². The van der Waals surface area contributed by atoms with Gasteiger partial charge in [0.25, 0.3) is 5.91 Å². The van der Waals surface area contributed by atoms with E-state index < -0.39 is 0 Å². The Morgan fingerprint density at radius 2 is 2.08 bits per heavy atom. The molecule has 134 valence electrons. The number of amides is 1. The van der Waals surface area contributed by atoms with Crippen LogP contribution in [-0.2, 0) is 13.1 Å². The number of nitrogens with two attached hydrogens (primary N) is 1. The van der Waals surface area contributed by atoms with E-state index >= 15 is 0 Å². The highest BCUT2D eigenvalue weighted by molar-refractivity contribution is 5.98. The summed E-state index contributed by atoms with van der Waals surface area (Å²) in [5.74, 6) is 0.250. The van der Waals surface area contributed by atoms with Crippen LogP contribution >= 0.6 is 0 Å². The van der Waals surface area contributed by atoms with Gasteiger partial charge in [0.2, 0.25) is 0 Å². The van der Waals surface area contributed by atoms with Gasteiger partial charge in [0.05, 0.1) is 5.56 Å². The lowest BCUT2D eigenvalue weighted by atomic mass is 10.2. The summed E-state index contributed by atoms with van der Waals surface area (Å²) in [5, 5.41) is 5.70. The molecule has 3 aromatic rings. The number of halogens is 1. The molecular formula is C19H20FN5O. The Hall–Kier alpha value is -3.35. The van der Waals surface area contributed by atoms with Crippen LogP contribution in [0.3, 0.4) is 0 Å². The van der Waals surface area contributed by atoms with Gasteiger partial charge in [-0.2, -0.15) is 0 Å². The molecule has 0 unspecified atom stereocenters. The molecule has 26 heavy (non-hydrogen) atoms. The number of carbonyl (C=O) groups is 1. The Kier molecular flexibility index (Phi) is 5.17. The first-order valence-corrected chi connectivity index (χ1v) is 8.17. The first-order valence-electron chi connectivity index (χ1n) is 8.17. The molecule has 0 bridgehead atoms. The van der Waals surface area contributed by atoms with Crippen molar-refractivity contribution in [2.75, 3.05) is 18.1 Å². The zero-order valence-electron chi connectivity index (χ0n) is 14.4. The average Bonchev–Trinajstić information content (AvgIpc) is 3.07. The van der Waals surface area contributed by atoms with E-state index in [1.54, 1.807) is 25.2 Å². The lowest BCUT2D eigenvalue weighted by Crippen LogP contribution is -2.24. The summed E-state index contributed by atoms with van der Waals surface area (Å²) in [5.41, 5.74) is 7.97. The van der Waals surface area contributed by atoms with Gasteiger partial charge in [0.1, 0.15) is 17.5 Å². The molecule has 3 rings (SSSR count). The van der Waals surface area contributed by atoms with Crippen molar-refractivity contribution < 1.29 is 9.18 Å². The molecule has 2 aromatic heterocycles. The maximum atomic E-state index is 13.3. The fourth-order valence-corrected chi connectivity index (χ4v) is 2.62. The highest BCUT2D eigenvalue weighted by atomic mass is 19.1. The molecule has 0 spiro atoms. The van der Waals surface area contributed by atoms with Crippen LogP contribution in [0.5, 0.6) is 0 Å². The number of benzene rings is 1. The third-order valence-electron chi connectivity index (χ3n) is 3.94. The Bertz CT molecular complexity index is 922. The monoisotopic (exact) mass is 353 g/mol. The van der Waals surface area contributed by atoms with Crippen LogP contribution in [0, 0.1) is 5.82 Å². The molecule has 6 nitrogen and oxygen atoms in total. The summed E-state index contributed by atoms with van der Waals surface area (Å²) in [6.45, 7) is 0.927. The van der Waals surface area contributed by atoms with Crippen molar-refractivity contribution in [2.24, 2.45) is 0 Å². The van der Waals surface area contributed by atoms with Gasteiger partial charge in [-0.25, -0.2) is 9.37 Å². The summed E-state index contributed by atoms with van der Waals surface area (Å²) >= 11 is 0. The van der Waals surface area contributed by atoms with Gasteiger partial charge in [-0.1, -0.05) is 12.1 Å². The standard InChI is InChI=1S/C19H20FN5O/c1-22-17-6-5-16(18(21)24-17)19(26)23-10-14-7-8-25(12-14)11-13-3-2-4-15(20)9-13/h2-9,12H,10-11H2,1H3,(H,23,26)(H3,21,22,24). The molecule has 0 aliphatic carbocycles. The molecule has 4 N–H and O–H groups in total. The van der Waals surface area contributed by atoms with Crippen LogP contribution in [0.2, 0.25) is 0 Å². The topological polar surface area (TPSA) is 85.0 Å². The molecule has 0 saturated heterocycles. The summed E-state index contributed by atoms with van der Waals surface area (Å²) in [4.78, 5) is 16.4. The number of nitrogen functional groups attached to an aromatic ring is 1. The van der Waals surface area contributed by atoms with Crippen LogP contribution in [0.15, 0.2) is 54.9 Å². The lowest BCUT2D eigenvalue weighted by Gasteiger charge is -2.08. The Morgan fingerprint density at radius 1 is 1.23 bits per heavy atom. The number of aromatic nitrogens is 2. The number of nitrogens with one attached hydrogen (secondary N) is 2. The van der Waals surface area contributed by atoms with Gasteiger partial charge in [-0.15, -0.1) is 0 Å². The molecule has 0 fully saturated rings. The molecular weight excluding hydrogens is 333 g/mol. The number of carbonyl (C=O) groups excluding carboxylic acids is 1. The van der Waals surface area contributed by atoms with E-state index in [1.165, 1.54) is 12.1 Å². The number of pyridine rings is 1. The van der Waals surface area contributed by atoms with Gasteiger partial charge in [0.15, 0.2) is 0 Å². The fraction of sp³-hybridized carbons (Fsp3) is 0.158. The average molecular weight is 353 g/mol. The van der Waals surface area contributed by atoms with E-state index in [9.17, 15) is 9.18 Å². The number of hydrogen-bond donors (Lipinski definition) is 3. The summed E-state index contributed by atoms with van der Waals surface area (Å²) < 4.78 is 15.2. The molecule has 0 aliphatic rings. The minimum absolute atomic E-state index is 0.179. The maximum absolute atomic E-state index is 13.3. The molecule has 0 radical (unpaired) electrons. The predicted molar refractivity (Wildman–Crippen MR) is 99.3 cm³/mol. The first kappa shape index (κ1) is 17.5. The predicted octanol–water partition coefficient (Wildman–Crippen LogP) is 2.62. The van der Waals surface area contributed by atoms with Crippen LogP contribution in [0.25, 0.3) is 0 Å². The fourth-order valence-electron chi connectivity index (χ4n) is 2.62. The van der Waals surface area contributed by atoms with Crippen molar-refractivity contribution in [3.05, 3.63) is 77.4 Å². The van der Waals surface area contributed by atoms with Crippen LogP contribution in [0.1, 0.15) is 21.5 Å². The van der Waals surface area contributed by atoms with Gasteiger partial charge in [-0.05, 0) is 41.5 Å². The smallest absolute Gasteiger partial charge is 0.255 e. The lowest BCUT2D eigenvalue weighted by molar-refractivity contribution is 0.0951. The van der Waals surface area contributed by atoms with E-state index in [1.807, 2.05) is 29.1 Å². The van der Waals surface area contributed by atoms with Crippen LogP contribution in [-0.4, -0.2) is 22.5 Å². The second-order valence-electron chi connectivity index (χ2n) is 5.88. The number of hydrogen-bond acceptors (Lipinski definition) is 4. The van der Waals surface area contributed by atoms with Gasteiger partial charge < -0.3 is 20.9 Å². The highest BCUT2D eigenvalue weighted by Crippen LogP contribution is 2.13. The third-order valence-corrected chi connectivity index (χ3v) is 3.94. The number of anilines is 2. The van der Waals surface area contributed by atoms with Gasteiger partial charge >= 0.3 is 0 Å². The van der Waals surface area contributed by atoms with Crippen LogP contribution in [0.4, 0.5) is 16.0 Å². The summed E-state index contributed by atoms with van der Waals surface area (Å²) in [6, 6.07) is 11.7. The number of rotatable bonds is 6. The van der Waals surface area contributed by atoms with Crippen molar-refractivity contribution >= 4 is 17.5 Å². The quantitative estimate of drug-likeness (QED) is 0.636. The molecule has 1 aromatic carbocycles. The summed E-state index contributed by atoms with van der Waals surface area (Å²) in [7, 11) is 1.73. The Balaban J connectivity index is 1.60. The maximum Gasteiger partial charge on any atom is 0.255 e. The largest absolute Gasteiger partial charge is 0.383 e. The zero-order chi connectivity index (χ0) is 18.5. The van der Waals surface area contributed by atoms with Gasteiger partial charge in [-0.3, -0.25) is 4.79 Å². The van der Waals surface area contributed by atoms with Crippen LogP contribution < -0.4 is 16.4 Å². The molecule has 0 atom stereocenters. The number of nitrogens with zero attached hydrogens (tertiary/aromatic N) is 2. The SMILES string of the molecule is CNc1ccc(C(=O)NCc2ccn(Cc3cccc(F)c3)c2)c(N)n1. The van der Waals surface area contributed by atoms with E-state index in [0.717, 1.165) is 11.1 Å². The van der Waals surface area contributed by atoms with Crippen molar-refractivity contribution in [2.45, 2.75) is 13.1 Å². The minimum Gasteiger partial charge on any atom is -0.383 e. The molecule has 0 aliphatic heterocycles. The van der Waals surface area contributed by atoms with E-state index in [2.05, 4.69) is 15.6 Å². The van der Waals surface area contributed by atoms with E-state index in [4.69, 9.17) is 5.73 Å². The van der Waals surface area contributed by atoms with Gasteiger partial charge in [0, 0.05) is 32.5 Å². The van der Waals surface area contributed by atoms with Crippen molar-refractivity contribution in [1.29, 1.82) is 0 Å². The second-order valence-corrected chi connectivity index (χ2v) is 5.88. The van der Waals surface area contributed by atoms with E-state index in [-0.39, 0.29) is 17.5 Å². The minimum atomic E-state index is -0.282. The third kappa shape index (κ3) is 4.18. The Morgan fingerprint density at radius 3 is 2.81 bits per heavy atom. The summed E-state index contributed by atoms with van der Waals surface area (Å²) in [6.07, 6.45) is 3.81. The van der Waals surface area contributed by atoms with Crippen molar-refractivity contribution in [1.82, 2.24) is 14.9 Å². The van der Waals surface area contributed by atoms with E-state index in [0.29, 0.717) is 24.5 Å². The first-order chi connectivity index (χ1) is 12.5. The molecule has 2 heterocycles. The highest BCUT2D eigenvalue weighted by Gasteiger charge is 2.11. The molecule has 1 amide bonds. The molecule has 0 saturated carbocycles. The van der Waals surface area contributed by atoms with Crippen molar-refractivity contribution in [3.8, 4) is 0 Å². The zero-order valence-corrected chi connectivity index (χ0v) is 14.4. The Labute approximate surface area is 150 Å². The normalized spacial score (nSPS) is 10.5.